The van der Waals surface area contributed by atoms with E-state index in [2.05, 4.69) is 5.32 Å². The fraction of sp³-hybridized carbons (Fsp3) is 0.316. The van der Waals surface area contributed by atoms with Gasteiger partial charge in [0.1, 0.15) is 5.75 Å². The highest BCUT2D eigenvalue weighted by Crippen LogP contribution is 2.26. The molecule has 0 saturated carbocycles. The summed E-state index contributed by atoms with van der Waals surface area (Å²) in [5, 5.41) is 2.82. The predicted octanol–water partition coefficient (Wildman–Crippen LogP) is 3.18. The van der Waals surface area contributed by atoms with Crippen molar-refractivity contribution in [3.05, 3.63) is 54.1 Å². The molecule has 5 nitrogen and oxygen atoms in total. The van der Waals surface area contributed by atoms with Gasteiger partial charge in [-0.05, 0) is 24.6 Å². The van der Waals surface area contributed by atoms with Crippen LogP contribution in [0.5, 0.6) is 17.2 Å². The maximum atomic E-state index is 12.0. The monoisotopic (exact) mass is 329 g/mol. The molecule has 0 saturated heterocycles. The van der Waals surface area contributed by atoms with Gasteiger partial charge in [-0.1, -0.05) is 37.3 Å². The van der Waals surface area contributed by atoms with Gasteiger partial charge in [0.25, 0.3) is 5.91 Å². The lowest BCUT2D eigenvalue weighted by Crippen LogP contribution is -2.28. The third-order valence-electron chi connectivity index (χ3n) is 3.34. The Kier molecular flexibility index (Phi) is 6.95. The minimum Gasteiger partial charge on any atom is -0.496 e. The standard InChI is InChI=1S/C19H23NO4/c1-3-12-23-17-10-6-7-11-18(17)24-14-19(21)20-13-15-8-4-5-9-16(15)22-2/h4-11H,3,12-14H2,1-2H3,(H,20,21). The third kappa shape index (κ3) is 5.19. The van der Waals surface area contributed by atoms with Gasteiger partial charge < -0.3 is 19.5 Å². The van der Waals surface area contributed by atoms with Crippen molar-refractivity contribution in [2.45, 2.75) is 19.9 Å². The second-order valence-corrected chi connectivity index (χ2v) is 5.17. The summed E-state index contributed by atoms with van der Waals surface area (Å²) in [6.45, 7) is 2.97. The van der Waals surface area contributed by atoms with Crippen LogP contribution in [-0.2, 0) is 11.3 Å². The molecule has 0 heterocycles. The maximum absolute atomic E-state index is 12.0. The first kappa shape index (κ1) is 17.7. The maximum Gasteiger partial charge on any atom is 0.258 e. The topological polar surface area (TPSA) is 56.8 Å². The molecular weight excluding hydrogens is 306 g/mol. The van der Waals surface area contributed by atoms with Crippen molar-refractivity contribution < 1.29 is 19.0 Å². The number of benzene rings is 2. The minimum atomic E-state index is -0.203. The first-order valence-electron chi connectivity index (χ1n) is 7.97. The van der Waals surface area contributed by atoms with Gasteiger partial charge in [0, 0.05) is 12.1 Å². The second-order valence-electron chi connectivity index (χ2n) is 5.17. The Morgan fingerprint density at radius 3 is 2.25 bits per heavy atom. The van der Waals surface area contributed by atoms with E-state index in [1.165, 1.54) is 0 Å². The van der Waals surface area contributed by atoms with Crippen molar-refractivity contribution in [3.8, 4) is 17.2 Å². The molecule has 24 heavy (non-hydrogen) atoms. The molecule has 0 radical (unpaired) electrons. The zero-order valence-corrected chi connectivity index (χ0v) is 14.1. The lowest BCUT2D eigenvalue weighted by atomic mass is 10.2. The Morgan fingerprint density at radius 2 is 1.58 bits per heavy atom. The van der Waals surface area contributed by atoms with Crippen molar-refractivity contribution in [3.63, 3.8) is 0 Å². The minimum absolute atomic E-state index is 0.0678. The van der Waals surface area contributed by atoms with Crippen LogP contribution in [0.1, 0.15) is 18.9 Å². The molecule has 2 aromatic carbocycles. The van der Waals surface area contributed by atoms with Gasteiger partial charge in [-0.15, -0.1) is 0 Å². The summed E-state index contributed by atoms with van der Waals surface area (Å²) in [5.74, 6) is 1.76. The van der Waals surface area contributed by atoms with Gasteiger partial charge >= 0.3 is 0 Å². The fourth-order valence-electron chi connectivity index (χ4n) is 2.14. The van der Waals surface area contributed by atoms with Crippen molar-refractivity contribution in [1.29, 1.82) is 0 Å². The lowest BCUT2D eigenvalue weighted by Gasteiger charge is -2.13. The molecule has 5 heteroatoms. The van der Waals surface area contributed by atoms with Crippen LogP contribution in [0.25, 0.3) is 0 Å². The van der Waals surface area contributed by atoms with Crippen LogP contribution in [0, 0.1) is 0 Å². The molecular formula is C19H23NO4. The third-order valence-corrected chi connectivity index (χ3v) is 3.34. The van der Waals surface area contributed by atoms with Crippen LogP contribution in [0.15, 0.2) is 48.5 Å². The smallest absolute Gasteiger partial charge is 0.258 e. The van der Waals surface area contributed by atoms with E-state index in [9.17, 15) is 4.79 Å². The summed E-state index contributed by atoms with van der Waals surface area (Å²) < 4.78 is 16.4. The first-order chi connectivity index (χ1) is 11.7. The van der Waals surface area contributed by atoms with Crippen molar-refractivity contribution in [2.75, 3.05) is 20.3 Å². The van der Waals surface area contributed by atoms with Crippen molar-refractivity contribution >= 4 is 5.91 Å². The van der Waals surface area contributed by atoms with Gasteiger partial charge in [0.05, 0.1) is 13.7 Å². The Labute approximate surface area is 142 Å². The molecule has 2 aromatic rings. The normalized spacial score (nSPS) is 10.1. The molecule has 128 valence electrons. The van der Waals surface area contributed by atoms with Crippen LogP contribution in [0.2, 0.25) is 0 Å². The van der Waals surface area contributed by atoms with Crippen molar-refractivity contribution in [1.82, 2.24) is 5.32 Å². The van der Waals surface area contributed by atoms with E-state index < -0.39 is 0 Å². The number of ether oxygens (including phenoxy) is 3. The number of para-hydroxylation sites is 3. The Balaban J connectivity index is 1.85. The van der Waals surface area contributed by atoms with E-state index in [-0.39, 0.29) is 12.5 Å². The molecule has 0 atom stereocenters. The van der Waals surface area contributed by atoms with E-state index in [4.69, 9.17) is 14.2 Å². The van der Waals surface area contributed by atoms with Crippen LogP contribution in [0.4, 0.5) is 0 Å². The fourth-order valence-corrected chi connectivity index (χ4v) is 2.14. The summed E-state index contributed by atoms with van der Waals surface area (Å²) in [5.41, 5.74) is 0.917. The van der Waals surface area contributed by atoms with E-state index in [0.717, 1.165) is 17.7 Å². The SMILES string of the molecule is CCCOc1ccccc1OCC(=O)NCc1ccccc1OC. The van der Waals surface area contributed by atoms with Gasteiger partial charge in [-0.3, -0.25) is 4.79 Å². The van der Waals surface area contributed by atoms with Crippen molar-refractivity contribution in [2.24, 2.45) is 0 Å². The van der Waals surface area contributed by atoms with Crippen LogP contribution in [-0.4, -0.2) is 26.2 Å². The average Bonchev–Trinajstić information content (AvgIpc) is 2.63. The van der Waals surface area contributed by atoms with E-state index in [1.807, 2.05) is 49.4 Å². The predicted molar refractivity (Wildman–Crippen MR) is 92.6 cm³/mol. The van der Waals surface area contributed by atoms with Crippen LogP contribution >= 0.6 is 0 Å². The Morgan fingerprint density at radius 1 is 0.958 bits per heavy atom. The molecule has 0 unspecified atom stereocenters. The first-order valence-corrected chi connectivity index (χ1v) is 7.97. The Bertz CT molecular complexity index is 657. The quantitative estimate of drug-likeness (QED) is 0.768. The second kappa shape index (κ2) is 9.45. The van der Waals surface area contributed by atoms with E-state index >= 15 is 0 Å². The summed E-state index contributed by atoms with van der Waals surface area (Å²) in [7, 11) is 1.61. The number of rotatable bonds is 9. The molecule has 2 rings (SSSR count). The molecule has 0 aromatic heterocycles. The number of amides is 1. The Hall–Kier alpha value is -2.69. The highest BCUT2D eigenvalue weighted by Gasteiger charge is 2.08. The van der Waals surface area contributed by atoms with Gasteiger partial charge in [-0.25, -0.2) is 0 Å². The molecule has 0 aliphatic carbocycles. The number of carbonyl (C=O) groups is 1. The zero-order valence-electron chi connectivity index (χ0n) is 14.1. The van der Waals surface area contributed by atoms with Gasteiger partial charge in [-0.2, -0.15) is 0 Å². The number of hydrogen-bond acceptors (Lipinski definition) is 4. The number of hydrogen-bond donors (Lipinski definition) is 1. The largest absolute Gasteiger partial charge is 0.496 e. The molecule has 0 aliphatic heterocycles. The summed E-state index contributed by atoms with van der Waals surface area (Å²) >= 11 is 0. The average molecular weight is 329 g/mol. The molecule has 0 aliphatic rings. The molecule has 0 fully saturated rings. The van der Waals surface area contributed by atoms with Gasteiger partial charge in [0.15, 0.2) is 18.1 Å². The highest BCUT2D eigenvalue weighted by molar-refractivity contribution is 5.77. The highest BCUT2D eigenvalue weighted by atomic mass is 16.5. The summed E-state index contributed by atoms with van der Waals surface area (Å²) in [6, 6.07) is 14.9. The molecule has 1 N–H and O–H groups in total. The van der Waals surface area contributed by atoms with Crippen LogP contribution in [0.3, 0.4) is 0 Å². The number of carbonyl (C=O) groups excluding carboxylic acids is 1. The zero-order chi connectivity index (χ0) is 17.2. The summed E-state index contributed by atoms with van der Waals surface area (Å²) in [4.78, 5) is 12.0. The number of methoxy groups -OCH3 is 1. The summed E-state index contributed by atoms with van der Waals surface area (Å²) in [6.07, 6.45) is 0.910. The van der Waals surface area contributed by atoms with Crippen LogP contribution < -0.4 is 19.5 Å². The molecule has 0 bridgehead atoms. The lowest BCUT2D eigenvalue weighted by molar-refractivity contribution is -0.123. The van der Waals surface area contributed by atoms with Gasteiger partial charge in [0.2, 0.25) is 0 Å². The number of nitrogens with one attached hydrogen (secondary N) is 1. The van der Waals surface area contributed by atoms with E-state index in [0.29, 0.717) is 24.7 Å². The van der Waals surface area contributed by atoms with E-state index in [1.54, 1.807) is 13.2 Å². The molecule has 0 spiro atoms. The molecule has 1 amide bonds.